The van der Waals surface area contributed by atoms with Crippen molar-refractivity contribution in [2.75, 3.05) is 5.88 Å². The van der Waals surface area contributed by atoms with Crippen LogP contribution in [0.2, 0.25) is 0 Å². The van der Waals surface area contributed by atoms with Crippen LogP contribution in [0.1, 0.15) is 10.4 Å². The Balaban J connectivity index is 2.04. The average molecular weight is 409 g/mol. The molecule has 0 saturated heterocycles. The summed E-state index contributed by atoms with van der Waals surface area (Å²) >= 11 is 15.0. The van der Waals surface area contributed by atoms with Crippen LogP contribution in [-0.4, -0.2) is 5.88 Å². The van der Waals surface area contributed by atoms with Crippen molar-refractivity contribution in [3.63, 3.8) is 0 Å². The first-order valence-corrected chi connectivity index (χ1v) is 8.71. The van der Waals surface area contributed by atoms with Gasteiger partial charge in [-0.05, 0) is 52.4 Å². The summed E-state index contributed by atoms with van der Waals surface area (Å²) in [6.07, 6.45) is 2.06. The summed E-state index contributed by atoms with van der Waals surface area (Å²) in [4.78, 5) is 1.39. The normalized spacial score (nSPS) is 12.6. The van der Waals surface area contributed by atoms with Gasteiger partial charge in [-0.25, -0.2) is 0 Å². The van der Waals surface area contributed by atoms with E-state index in [1.807, 2.05) is 6.07 Å². The molecule has 0 spiro atoms. The summed E-state index contributed by atoms with van der Waals surface area (Å²) in [7, 11) is 0. The second-order valence-corrected chi connectivity index (χ2v) is 7.33. The molecule has 18 heavy (non-hydrogen) atoms. The fraction of sp³-hybridized carbons (Fsp3) is 0.286. The van der Waals surface area contributed by atoms with E-state index in [0.29, 0.717) is 11.8 Å². The highest BCUT2D eigenvalue weighted by Gasteiger charge is 2.12. The van der Waals surface area contributed by atoms with Gasteiger partial charge in [0.1, 0.15) is 0 Å². The second kappa shape index (κ2) is 7.09. The fourth-order valence-electron chi connectivity index (χ4n) is 1.90. The van der Waals surface area contributed by atoms with Gasteiger partial charge >= 0.3 is 0 Å². The van der Waals surface area contributed by atoms with Crippen molar-refractivity contribution in [1.82, 2.24) is 0 Å². The average Bonchev–Trinajstić information content (AvgIpc) is 2.76. The second-order valence-electron chi connectivity index (χ2n) is 4.25. The lowest BCUT2D eigenvalue weighted by Gasteiger charge is -2.14. The molecule has 1 atom stereocenters. The maximum Gasteiger partial charge on any atom is 0.0285 e. The minimum absolute atomic E-state index is 0.482. The van der Waals surface area contributed by atoms with Crippen molar-refractivity contribution in [2.45, 2.75) is 12.8 Å². The number of thiophene rings is 1. The monoisotopic (exact) mass is 406 g/mol. The van der Waals surface area contributed by atoms with Crippen LogP contribution >= 0.6 is 54.8 Å². The molecule has 0 N–H and O–H groups in total. The zero-order valence-electron chi connectivity index (χ0n) is 9.70. The molecule has 2 rings (SSSR count). The van der Waals surface area contributed by atoms with E-state index in [9.17, 15) is 0 Å². The molecule has 0 bridgehead atoms. The molecule has 0 aliphatic carbocycles. The van der Waals surface area contributed by atoms with E-state index in [1.165, 1.54) is 14.9 Å². The van der Waals surface area contributed by atoms with Gasteiger partial charge in [0.2, 0.25) is 0 Å². The molecule has 4 heteroatoms. The Kier molecular flexibility index (Phi) is 5.74. The third-order valence-electron chi connectivity index (χ3n) is 2.80. The molecule has 1 aromatic carbocycles. The van der Waals surface area contributed by atoms with E-state index in [4.69, 9.17) is 11.6 Å². The van der Waals surface area contributed by atoms with Gasteiger partial charge in [0.25, 0.3) is 0 Å². The molecule has 0 saturated carbocycles. The summed E-state index contributed by atoms with van der Waals surface area (Å²) < 4.78 is 2.34. The molecule has 2 aromatic rings. The van der Waals surface area contributed by atoms with Gasteiger partial charge in [0, 0.05) is 25.1 Å². The lowest BCUT2D eigenvalue weighted by molar-refractivity contribution is 0.588. The standard InChI is InChI=1S/C14H13Br2ClS/c15-12-7-13(18-9-12)6-10(8-17)5-11-3-1-2-4-14(11)16/h1-4,7,9-10H,5-6,8H2. The van der Waals surface area contributed by atoms with E-state index >= 15 is 0 Å². The van der Waals surface area contributed by atoms with Crippen LogP contribution in [-0.2, 0) is 12.8 Å². The van der Waals surface area contributed by atoms with E-state index < -0.39 is 0 Å². The Morgan fingerprint density at radius 2 is 1.94 bits per heavy atom. The summed E-state index contributed by atoms with van der Waals surface area (Å²) in [5.41, 5.74) is 1.33. The number of benzene rings is 1. The molecule has 1 aromatic heterocycles. The molecule has 1 unspecified atom stereocenters. The first kappa shape index (κ1) is 14.6. The topological polar surface area (TPSA) is 0 Å². The summed E-state index contributed by atoms with van der Waals surface area (Å²) in [5, 5.41) is 2.12. The van der Waals surface area contributed by atoms with Crippen LogP contribution in [0.3, 0.4) is 0 Å². The van der Waals surface area contributed by atoms with Crippen LogP contribution < -0.4 is 0 Å². The van der Waals surface area contributed by atoms with Gasteiger partial charge in [-0.15, -0.1) is 22.9 Å². The first-order chi connectivity index (χ1) is 8.69. The highest BCUT2D eigenvalue weighted by atomic mass is 79.9. The zero-order valence-corrected chi connectivity index (χ0v) is 14.4. The third kappa shape index (κ3) is 4.09. The van der Waals surface area contributed by atoms with Crippen LogP contribution in [0.15, 0.2) is 44.7 Å². The molecule has 0 aliphatic heterocycles. The lowest BCUT2D eigenvalue weighted by Crippen LogP contribution is -2.09. The number of rotatable bonds is 5. The van der Waals surface area contributed by atoms with Crippen molar-refractivity contribution in [3.8, 4) is 0 Å². The van der Waals surface area contributed by atoms with Gasteiger partial charge in [0.05, 0.1) is 0 Å². The van der Waals surface area contributed by atoms with Crippen molar-refractivity contribution in [2.24, 2.45) is 5.92 Å². The maximum atomic E-state index is 6.10. The van der Waals surface area contributed by atoms with Crippen molar-refractivity contribution >= 4 is 54.8 Å². The van der Waals surface area contributed by atoms with Crippen LogP contribution in [0, 0.1) is 5.92 Å². The Morgan fingerprint density at radius 1 is 1.17 bits per heavy atom. The Labute approximate surface area is 134 Å². The molecular formula is C14H13Br2ClS. The Bertz CT molecular complexity index is 510. The molecule has 0 aliphatic rings. The number of halogens is 3. The SMILES string of the molecule is ClCC(Cc1cc(Br)cs1)Cc1ccccc1Br. The van der Waals surface area contributed by atoms with Gasteiger partial charge in [-0.2, -0.15) is 0 Å². The van der Waals surface area contributed by atoms with Crippen LogP contribution in [0.25, 0.3) is 0 Å². The minimum atomic E-state index is 0.482. The van der Waals surface area contributed by atoms with E-state index in [0.717, 1.165) is 17.3 Å². The Morgan fingerprint density at radius 3 is 2.56 bits per heavy atom. The van der Waals surface area contributed by atoms with E-state index in [1.54, 1.807) is 11.3 Å². The van der Waals surface area contributed by atoms with Crippen molar-refractivity contribution in [3.05, 3.63) is 55.1 Å². The summed E-state index contributed by atoms with van der Waals surface area (Å²) in [5.74, 6) is 1.17. The summed E-state index contributed by atoms with van der Waals surface area (Å²) in [6.45, 7) is 0. The molecule has 0 fully saturated rings. The molecule has 96 valence electrons. The lowest BCUT2D eigenvalue weighted by atomic mass is 9.97. The maximum absolute atomic E-state index is 6.10. The molecular weight excluding hydrogens is 395 g/mol. The third-order valence-corrected chi connectivity index (χ3v) is 5.73. The number of hydrogen-bond donors (Lipinski definition) is 0. The van der Waals surface area contributed by atoms with Crippen LogP contribution in [0.4, 0.5) is 0 Å². The first-order valence-electron chi connectivity index (χ1n) is 5.71. The van der Waals surface area contributed by atoms with Gasteiger partial charge in [0.15, 0.2) is 0 Å². The molecule has 1 heterocycles. The largest absolute Gasteiger partial charge is 0.148 e. The smallest absolute Gasteiger partial charge is 0.0285 e. The van der Waals surface area contributed by atoms with Gasteiger partial charge in [-0.1, -0.05) is 34.1 Å². The van der Waals surface area contributed by atoms with Gasteiger partial charge < -0.3 is 0 Å². The number of hydrogen-bond acceptors (Lipinski definition) is 1. The summed E-state index contributed by atoms with van der Waals surface area (Å²) in [6, 6.07) is 10.5. The molecule has 0 amide bonds. The quantitative estimate of drug-likeness (QED) is 0.539. The predicted octanol–water partition coefficient (Wildman–Crippen LogP) is 5.91. The highest BCUT2D eigenvalue weighted by Crippen LogP contribution is 2.26. The van der Waals surface area contributed by atoms with E-state index in [2.05, 4.69) is 61.5 Å². The number of alkyl halides is 1. The van der Waals surface area contributed by atoms with Crippen LogP contribution in [0.5, 0.6) is 0 Å². The zero-order chi connectivity index (χ0) is 13.0. The van der Waals surface area contributed by atoms with Gasteiger partial charge in [-0.3, -0.25) is 0 Å². The van der Waals surface area contributed by atoms with Crippen molar-refractivity contribution < 1.29 is 0 Å². The molecule has 0 radical (unpaired) electrons. The Hall–Kier alpha value is 0.170. The minimum Gasteiger partial charge on any atom is -0.148 e. The van der Waals surface area contributed by atoms with Crippen molar-refractivity contribution in [1.29, 1.82) is 0 Å². The fourth-order valence-corrected chi connectivity index (χ4v) is 4.13. The molecule has 0 nitrogen and oxygen atoms in total. The highest BCUT2D eigenvalue weighted by molar-refractivity contribution is 9.10. The van der Waals surface area contributed by atoms with E-state index in [-0.39, 0.29) is 0 Å². The predicted molar refractivity (Wildman–Crippen MR) is 87.8 cm³/mol.